The third kappa shape index (κ3) is 3.79. The van der Waals surface area contributed by atoms with Crippen molar-refractivity contribution in [3.63, 3.8) is 0 Å². The van der Waals surface area contributed by atoms with Crippen molar-refractivity contribution in [3.8, 4) is 28.8 Å². The van der Waals surface area contributed by atoms with Crippen LogP contribution in [0.5, 0.6) is 5.75 Å². The van der Waals surface area contributed by atoms with Gasteiger partial charge in [-0.05, 0) is 43.3 Å². The fraction of sp³-hybridized carbons (Fsp3) is 0.0952. The van der Waals surface area contributed by atoms with E-state index in [2.05, 4.69) is 10.1 Å². The van der Waals surface area contributed by atoms with E-state index in [4.69, 9.17) is 13.7 Å². The van der Waals surface area contributed by atoms with E-state index in [9.17, 15) is 4.79 Å². The summed E-state index contributed by atoms with van der Waals surface area (Å²) in [4.78, 5) is 15.7. The number of hydrogen-bond donors (Lipinski definition) is 0. The van der Waals surface area contributed by atoms with Gasteiger partial charge in [-0.2, -0.15) is 4.98 Å². The topological polar surface area (TPSA) is 78.4 Å². The van der Waals surface area contributed by atoms with Gasteiger partial charge >= 0.3 is 0 Å². The number of rotatable bonds is 6. The van der Waals surface area contributed by atoms with Crippen LogP contribution in [0.3, 0.4) is 0 Å². The average Bonchev–Trinajstić information content (AvgIpc) is 3.37. The number of ether oxygens (including phenoxy) is 1. The number of carbonyl (C=O) groups excluding carboxylic acids is 1. The maximum atomic E-state index is 11.3. The Morgan fingerprint density at radius 3 is 2.52 bits per heavy atom. The Morgan fingerprint density at radius 1 is 1.00 bits per heavy atom. The second kappa shape index (κ2) is 7.29. The summed E-state index contributed by atoms with van der Waals surface area (Å²) in [7, 11) is 0. The van der Waals surface area contributed by atoms with E-state index in [1.807, 2.05) is 30.3 Å². The first kappa shape index (κ1) is 16.8. The number of nitrogens with zero attached hydrogens (tertiary/aromatic N) is 2. The van der Waals surface area contributed by atoms with E-state index in [1.54, 1.807) is 36.4 Å². The van der Waals surface area contributed by atoms with Crippen LogP contribution < -0.4 is 4.74 Å². The Labute approximate surface area is 155 Å². The number of Topliss-reactive ketones (excluding diaryl/α,β-unsaturated/α-hetero) is 1. The van der Waals surface area contributed by atoms with Crippen LogP contribution in [0.4, 0.5) is 0 Å². The Bertz CT molecular complexity index is 1050. The molecule has 2 aromatic heterocycles. The molecule has 0 saturated carbocycles. The molecule has 4 aromatic rings. The monoisotopic (exact) mass is 360 g/mol. The summed E-state index contributed by atoms with van der Waals surface area (Å²) in [6.07, 6.45) is 0. The number of furan rings is 1. The highest BCUT2D eigenvalue weighted by atomic mass is 16.5. The van der Waals surface area contributed by atoms with Crippen molar-refractivity contribution in [2.75, 3.05) is 0 Å². The Hall–Kier alpha value is -3.67. The first-order valence-electron chi connectivity index (χ1n) is 8.41. The number of aromatic nitrogens is 2. The molecule has 4 rings (SSSR count). The number of hydrogen-bond acceptors (Lipinski definition) is 6. The second-order valence-electron chi connectivity index (χ2n) is 5.92. The van der Waals surface area contributed by atoms with Crippen LogP contribution in [0.1, 0.15) is 23.0 Å². The van der Waals surface area contributed by atoms with Gasteiger partial charge in [0.05, 0.1) is 0 Å². The van der Waals surface area contributed by atoms with Gasteiger partial charge in [0.15, 0.2) is 11.5 Å². The molecule has 0 saturated heterocycles. The van der Waals surface area contributed by atoms with E-state index < -0.39 is 0 Å². The quantitative estimate of drug-likeness (QED) is 0.461. The van der Waals surface area contributed by atoms with Gasteiger partial charge in [-0.1, -0.05) is 35.5 Å². The van der Waals surface area contributed by atoms with Crippen LogP contribution >= 0.6 is 0 Å². The molecule has 0 amide bonds. The molecule has 2 heterocycles. The lowest BCUT2D eigenvalue weighted by Gasteiger charge is -2.04. The molecular formula is C21H16N2O4. The smallest absolute Gasteiger partial charge is 0.293 e. The normalized spacial score (nSPS) is 10.7. The fourth-order valence-corrected chi connectivity index (χ4v) is 2.54. The largest absolute Gasteiger partial charge is 0.486 e. The van der Waals surface area contributed by atoms with Crippen LogP contribution in [-0.4, -0.2) is 15.9 Å². The molecule has 2 aromatic carbocycles. The summed E-state index contributed by atoms with van der Waals surface area (Å²) < 4.78 is 16.7. The van der Waals surface area contributed by atoms with Gasteiger partial charge in [-0.3, -0.25) is 4.79 Å². The lowest BCUT2D eigenvalue weighted by atomic mass is 10.1. The molecular weight excluding hydrogens is 344 g/mol. The van der Waals surface area contributed by atoms with Gasteiger partial charge in [0.25, 0.3) is 5.89 Å². The molecule has 0 aliphatic rings. The molecule has 0 unspecified atom stereocenters. The van der Waals surface area contributed by atoms with Crippen LogP contribution in [0.15, 0.2) is 75.7 Å². The zero-order chi connectivity index (χ0) is 18.6. The van der Waals surface area contributed by atoms with E-state index in [0.717, 1.165) is 5.56 Å². The third-order valence-electron chi connectivity index (χ3n) is 3.97. The molecule has 0 N–H and O–H groups in total. The number of ketones is 1. The average molecular weight is 360 g/mol. The summed E-state index contributed by atoms with van der Waals surface area (Å²) in [6, 6.07) is 20.1. The highest BCUT2D eigenvalue weighted by molar-refractivity contribution is 5.94. The van der Waals surface area contributed by atoms with Gasteiger partial charge in [-0.15, -0.1) is 0 Å². The number of benzene rings is 2. The van der Waals surface area contributed by atoms with Gasteiger partial charge in [0.1, 0.15) is 18.1 Å². The SMILES string of the molecule is CC(=O)c1ccc(OCc2ccc(-c3nc(-c4ccccc4)no3)o2)cc1. The summed E-state index contributed by atoms with van der Waals surface area (Å²) >= 11 is 0. The molecule has 0 aliphatic heterocycles. The van der Waals surface area contributed by atoms with Crippen molar-refractivity contribution in [1.82, 2.24) is 10.1 Å². The van der Waals surface area contributed by atoms with Crippen molar-refractivity contribution < 1.29 is 18.5 Å². The molecule has 0 spiro atoms. The summed E-state index contributed by atoms with van der Waals surface area (Å²) in [5, 5.41) is 3.98. The zero-order valence-corrected chi connectivity index (χ0v) is 14.6. The second-order valence-corrected chi connectivity index (χ2v) is 5.92. The van der Waals surface area contributed by atoms with Crippen LogP contribution in [0, 0.1) is 0 Å². The van der Waals surface area contributed by atoms with Gasteiger partial charge < -0.3 is 13.7 Å². The Balaban J connectivity index is 1.43. The van der Waals surface area contributed by atoms with Crippen LogP contribution in [0.2, 0.25) is 0 Å². The molecule has 6 nitrogen and oxygen atoms in total. The maximum absolute atomic E-state index is 11.3. The summed E-state index contributed by atoms with van der Waals surface area (Å²) in [5.41, 5.74) is 1.52. The molecule has 27 heavy (non-hydrogen) atoms. The van der Waals surface area contributed by atoms with Gasteiger partial charge in [-0.25, -0.2) is 0 Å². The fourth-order valence-electron chi connectivity index (χ4n) is 2.54. The van der Waals surface area contributed by atoms with E-state index >= 15 is 0 Å². The highest BCUT2D eigenvalue weighted by Gasteiger charge is 2.14. The van der Waals surface area contributed by atoms with Crippen LogP contribution in [-0.2, 0) is 6.61 Å². The predicted octanol–water partition coefficient (Wildman–Crippen LogP) is 4.78. The molecule has 0 aliphatic carbocycles. The molecule has 0 fully saturated rings. The minimum atomic E-state index is 0.0201. The zero-order valence-electron chi connectivity index (χ0n) is 14.6. The molecule has 0 radical (unpaired) electrons. The minimum absolute atomic E-state index is 0.0201. The first-order chi connectivity index (χ1) is 13.2. The van der Waals surface area contributed by atoms with Crippen molar-refractivity contribution in [3.05, 3.63) is 78.1 Å². The van der Waals surface area contributed by atoms with Gasteiger partial charge in [0, 0.05) is 11.1 Å². The molecule has 6 heteroatoms. The van der Waals surface area contributed by atoms with E-state index in [-0.39, 0.29) is 12.4 Å². The van der Waals surface area contributed by atoms with E-state index in [0.29, 0.717) is 34.5 Å². The van der Waals surface area contributed by atoms with Crippen molar-refractivity contribution in [2.24, 2.45) is 0 Å². The van der Waals surface area contributed by atoms with Crippen LogP contribution in [0.25, 0.3) is 23.0 Å². The summed E-state index contributed by atoms with van der Waals surface area (Å²) in [6.45, 7) is 1.78. The maximum Gasteiger partial charge on any atom is 0.293 e. The van der Waals surface area contributed by atoms with E-state index in [1.165, 1.54) is 6.92 Å². The number of carbonyl (C=O) groups is 1. The molecule has 0 atom stereocenters. The van der Waals surface area contributed by atoms with Gasteiger partial charge in [0.2, 0.25) is 5.82 Å². The third-order valence-corrected chi connectivity index (χ3v) is 3.97. The Kier molecular flexibility index (Phi) is 4.53. The van der Waals surface area contributed by atoms with Crippen molar-refractivity contribution >= 4 is 5.78 Å². The minimum Gasteiger partial charge on any atom is -0.486 e. The molecule has 134 valence electrons. The lowest BCUT2D eigenvalue weighted by molar-refractivity contribution is 0.101. The standard InChI is InChI=1S/C21H16N2O4/c1-14(24)15-7-9-17(10-8-15)25-13-18-11-12-19(26-18)21-22-20(23-27-21)16-5-3-2-4-6-16/h2-12H,13H2,1H3. The predicted molar refractivity (Wildman–Crippen MR) is 98.2 cm³/mol. The van der Waals surface area contributed by atoms with Crippen molar-refractivity contribution in [2.45, 2.75) is 13.5 Å². The summed E-state index contributed by atoms with van der Waals surface area (Å²) in [5.74, 6) is 2.60. The molecule has 0 bridgehead atoms. The lowest BCUT2D eigenvalue weighted by Crippen LogP contribution is -1.95. The van der Waals surface area contributed by atoms with Crippen molar-refractivity contribution in [1.29, 1.82) is 0 Å². The first-order valence-corrected chi connectivity index (χ1v) is 8.41. The highest BCUT2D eigenvalue weighted by Crippen LogP contribution is 2.24. The Morgan fingerprint density at radius 2 is 1.78 bits per heavy atom.